The molecule has 4 nitrogen and oxygen atoms in total. The Kier molecular flexibility index (Phi) is 5.32. The standard InChI is InChI=1S/C18H14F3NO3S/c19-18(20,21)25-13-7-5-12(6-8-13)17(23)22-11-14(15-3-1-9-24-15)16-4-2-10-26-16/h1-10,14H,11H2,(H,22,23)/t14-/m0/s1. The topological polar surface area (TPSA) is 51.5 Å². The van der Waals surface area contributed by atoms with Gasteiger partial charge in [-0.25, -0.2) is 0 Å². The fraction of sp³-hybridized carbons (Fsp3) is 0.167. The van der Waals surface area contributed by atoms with Crippen molar-refractivity contribution in [2.24, 2.45) is 0 Å². The molecule has 3 rings (SSSR count). The normalized spacial score (nSPS) is 12.6. The van der Waals surface area contributed by atoms with Crippen LogP contribution >= 0.6 is 11.3 Å². The van der Waals surface area contributed by atoms with Crippen LogP contribution in [0, 0.1) is 0 Å². The fourth-order valence-corrected chi connectivity index (χ4v) is 3.26. The lowest BCUT2D eigenvalue weighted by atomic mass is 10.0. The van der Waals surface area contributed by atoms with Crippen molar-refractivity contribution in [1.29, 1.82) is 0 Å². The first-order valence-corrected chi connectivity index (χ1v) is 8.51. The second kappa shape index (κ2) is 7.65. The molecule has 1 N–H and O–H groups in total. The van der Waals surface area contributed by atoms with E-state index < -0.39 is 12.3 Å². The molecule has 0 spiro atoms. The van der Waals surface area contributed by atoms with Crippen LogP contribution in [0.25, 0.3) is 0 Å². The molecule has 1 aromatic carbocycles. The van der Waals surface area contributed by atoms with E-state index in [2.05, 4.69) is 10.1 Å². The first-order valence-electron chi connectivity index (χ1n) is 7.63. The van der Waals surface area contributed by atoms with Gasteiger partial charge in [0.15, 0.2) is 0 Å². The number of alkyl halides is 3. The highest BCUT2D eigenvalue weighted by Gasteiger charge is 2.31. The number of thiophene rings is 1. The van der Waals surface area contributed by atoms with Crippen LogP contribution in [0.5, 0.6) is 5.75 Å². The van der Waals surface area contributed by atoms with Gasteiger partial charge in [-0.2, -0.15) is 0 Å². The van der Waals surface area contributed by atoms with Gasteiger partial charge in [0.05, 0.1) is 12.2 Å². The van der Waals surface area contributed by atoms with Crippen LogP contribution in [0.15, 0.2) is 64.6 Å². The Morgan fingerprint density at radius 1 is 1.15 bits per heavy atom. The molecule has 1 amide bonds. The SMILES string of the molecule is O=C(NC[C@@H](c1ccco1)c1cccs1)c1ccc(OC(F)(F)F)cc1. The van der Waals surface area contributed by atoms with Crippen molar-refractivity contribution in [3.63, 3.8) is 0 Å². The number of carbonyl (C=O) groups is 1. The Morgan fingerprint density at radius 2 is 1.92 bits per heavy atom. The van der Waals surface area contributed by atoms with Crippen LogP contribution in [0.1, 0.15) is 26.9 Å². The molecule has 0 fully saturated rings. The van der Waals surface area contributed by atoms with Crippen molar-refractivity contribution >= 4 is 17.2 Å². The first-order chi connectivity index (χ1) is 12.4. The second-order valence-corrected chi connectivity index (χ2v) is 6.34. The minimum atomic E-state index is -4.76. The van der Waals surface area contributed by atoms with Crippen molar-refractivity contribution in [1.82, 2.24) is 5.32 Å². The van der Waals surface area contributed by atoms with Gasteiger partial charge >= 0.3 is 6.36 Å². The third-order valence-electron chi connectivity index (χ3n) is 3.59. The van der Waals surface area contributed by atoms with E-state index in [9.17, 15) is 18.0 Å². The molecule has 1 atom stereocenters. The molecule has 0 aliphatic heterocycles. The number of furan rings is 1. The van der Waals surface area contributed by atoms with Gasteiger partial charge in [0.25, 0.3) is 5.91 Å². The van der Waals surface area contributed by atoms with Crippen molar-refractivity contribution in [2.75, 3.05) is 6.54 Å². The maximum Gasteiger partial charge on any atom is 0.573 e. The average molecular weight is 381 g/mol. The average Bonchev–Trinajstić information content (AvgIpc) is 3.28. The Hall–Kier alpha value is -2.74. The van der Waals surface area contributed by atoms with Gasteiger partial charge in [0.2, 0.25) is 0 Å². The predicted molar refractivity (Wildman–Crippen MR) is 90.3 cm³/mol. The number of hydrogen-bond donors (Lipinski definition) is 1. The highest BCUT2D eigenvalue weighted by atomic mass is 32.1. The molecule has 0 aliphatic rings. The number of nitrogens with one attached hydrogen (secondary N) is 1. The summed E-state index contributed by atoms with van der Waals surface area (Å²) in [6, 6.07) is 12.2. The smallest absolute Gasteiger partial charge is 0.469 e. The number of halogens is 3. The van der Waals surface area contributed by atoms with Crippen LogP contribution in [0.2, 0.25) is 0 Å². The lowest BCUT2D eigenvalue weighted by Gasteiger charge is -2.14. The molecule has 0 aliphatic carbocycles. The van der Waals surface area contributed by atoms with E-state index >= 15 is 0 Å². The zero-order chi connectivity index (χ0) is 18.6. The summed E-state index contributed by atoms with van der Waals surface area (Å²) in [5.74, 6) is -0.179. The minimum absolute atomic E-state index is 0.137. The van der Waals surface area contributed by atoms with Gasteiger partial charge in [0, 0.05) is 17.0 Å². The molecular weight excluding hydrogens is 367 g/mol. The summed E-state index contributed by atoms with van der Waals surface area (Å²) in [7, 11) is 0. The van der Waals surface area contributed by atoms with Gasteiger partial charge in [-0.15, -0.1) is 24.5 Å². The van der Waals surface area contributed by atoms with Crippen molar-refractivity contribution in [3.8, 4) is 5.75 Å². The van der Waals surface area contributed by atoms with E-state index in [1.807, 2.05) is 23.6 Å². The molecule has 136 valence electrons. The van der Waals surface area contributed by atoms with Crippen LogP contribution in [-0.2, 0) is 0 Å². The maximum absolute atomic E-state index is 12.3. The molecular formula is C18H14F3NO3S. The first kappa shape index (κ1) is 18.1. The van der Waals surface area contributed by atoms with E-state index in [-0.39, 0.29) is 17.2 Å². The number of rotatable bonds is 6. The quantitative estimate of drug-likeness (QED) is 0.667. The van der Waals surface area contributed by atoms with Gasteiger partial charge in [0.1, 0.15) is 11.5 Å². The van der Waals surface area contributed by atoms with E-state index in [0.717, 1.165) is 22.8 Å². The number of benzene rings is 1. The zero-order valence-corrected chi connectivity index (χ0v) is 14.1. The van der Waals surface area contributed by atoms with Crippen LogP contribution in [0.4, 0.5) is 13.2 Å². The van der Waals surface area contributed by atoms with Crippen molar-refractivity contribution in [3.05, 3.63) is 76.4 Å². The molecule has 8 heteroatoms. The summed E-state index contributed by atoms with van der Waals surface area (Å²) < 4.78 is 45.8. The van der Waals surface area contributed by atoms with E-state index in [1.165, 1.54) is 12.1 Å². The van der Waals surface area contributed by atoms with Crippen LogP contribution in [-0.4, -0.2) is 18.8 Å². The molecule has 0 bridgehead atoms. The van der Waals surface area contributed by atoms with Crippen molar-refractivity contribution in [2.45, 2.75) is 12.3 Å². The predicted octanol–water partition coefficient (Wildman–Crippen LogP) is 4.80. The molecule has 2 heterocycles. The number of ether oxygens (including phenoxy) is 1. The summed E-state index contributed by atoms with van der Waals surface area (Å²) in [5, 5.41) is 4.72. The number of amides is 1. The van der Waals surface area contributed by atoms with Gasteiger partial charge in [-0.1, -0.05) is 6.07 Å². The van der Waals surface area contributed by atoms with E-state index in [1.54, 1.807) is 23.7 Å². The Labute approximate surface area is 151 Å². The van der Waals surface area contributed by atoms with Gasteiger partial charge in [-0.05, 0) is 47.8 Å². The fourth-order valence-electron chi connectivity index (χ4n) is 2.43. The van der Waals surface area contributed by atoms with E-state index in [0.29, 0.717) is 6.54 Å². The summed E-state index contributed by atoms with van der Waals surface area (Å²) in [6.07, 6.45) is -3.20. The molecule has 26 heavy (non-hydrogen) atoms. The Bertz CT molecular complexity index is 793. The zero-order valence-electron chi connectivity index (χ0n) is 13.3. The molecule has 3 aromatic rings. The highest BCUT2D eigenvalue weighted by molar-refractivity contribution is 7.10. The van der Waals surface area contributed by atoms with Gasteiger partial charge < -0.3 is 14.5 Å². The largest absolute Gasteiger partial charge is 0.573 e. The lowest BCUT2D eigenvalue weighted by molar-refractivity contribution is -0.274. The number of hydrogen-bond acceptors (Lipinski definition) is 4. The van der Waals surface area contributed by atoms with Crippen LogP contribution in [0.3, 0.4) is 0 Å². The third kappa shape index (κ3) is 4.66. The molecule has 2 aromatic heterocycles. The molecule has 0 saturated heterocycles. The molecule has 0 radical (unpaired) electrons. The third-order valence-corrected chi connectivity index (χ3v) is 4.58. The lowest BCUT2D eigenvalue weighted by Crippen LogP contribution is -2.28. The maximum atomic E-state index is 12.3. The monoisotopic (exact) mass is 381 g/mol. The van der Waals surface area contributed by atoms with Crippen LogP contribution < -0.4 is 10.1 Å². The Balaban J connectivity index is 1.65. The van der Waals surface area contributed by atoms with Crippen molar-refractivity contribution < 1.29 is 27.1 Å². The Morgan fingerprint density at radius 3 is 2.50 bits per heavy atom. The van der Waals surface area contributed by atoms with E-state index in [4.69, 9.17) is 4.42 Å². The summed E-state index contributed by atoms with van der Waals surface area (Å²) in [5.41, 5.74) is 0.240. The molecule has 0 saturated carbocycles. The number of carbonyl (C=O) groups excluding carboxylic acids is 1. The molecule has 0 unspecified atom stereocenters. The highest BCUT2D eigenvalue weighted by Crippen LogP contribution is 2.28. The minimum Gasteiger partial charge on any atom is -0.469 e. The summed E-state index contributed by atoms with van der Waals surface area (Å²) in [6.45, 7) is 0.299. The van der Waals surface area contributed by atoms with Gasteiger partial charge in [-0.3, -0.25) is 4.79 Å². The summed E-state index contributed by atoms with van der Waals surface area (Å²) >= 11 is 1.55. The summed E-state index contributed by atoms with van der Waals surface area (Å²) in [4.78, 5) is 13.3. The second-order valence-electron chi connectivity index (χ2n) is 5.37.